The van der Waals surface area contributed by atoms with Gasteiger partial charge in [-0.15, -0.1) is 0 Å². The zero-order chi connectivity index (χ0) is 25.9. The molecule has 0 saturated carbocycles. The normalized spacial score (nSPS) is 11.1. The van der Waals surface area contributed by atoms with Gasteiger partial charge < -0.3 is 15.0 Å². The molecule has 1 heterocycles. The SMILES string of the molecule is CC(C)c1ccc(C(=O)Nc2ccc(Cn3cc(-c4ccccc4)c4ccc(C(=O)O)cc43)cc2)cc1. The first kappa shape index (κ1) is 24.1. The second-order valence-electron chi connectivity index (χ2n) is 9.50. The number of nitrogens with one attached hydrogen (secondary N) is 1. The van der Waals surface area contributed by atoms with Crippen LogP contribution in [-0.2, 0) is 6.54 Å². The van der Waals surface area contributed by atoms with Gasteiger partial charge in [0.1, 0.15) is 0 Å². The summed E-state index contributed by atoms with van der Waals surface area (Å²) in [5.74, 6) is -0.676. The van der Waals surface area contributed by atoms with Crippen LogP contribution in [0.15, 0.2) is 103 Å². The third-order valence-corrected chi connectivity index (χ3v) is 6.62. The summed E-state index contributed by atoms with van der Waals surface area (Å²) in [6.45, 7) is 4.82. The van der Waals surface area contributed by atoms with Crippen LogP contribution >= 0.6 is 0 Å². The molecule has 5 nitrogen and oxygen atoms in total. The molecule has 5 heteroatoms. The van der Waals surface area contributed by atoms with Crippen molar-refractivity contribution >= 4 is 28.5 Å². The zero-order valence-electron chi connectivity index (χ0n) is 20.8. The largest absolute Gasteiger partial charge is 0.478 e. The fourth-order valence-corrected chi connectivity index (χ4v) is 4.52. The number of hydrogen-bond acceptors (Lipinski definition) is 2. The van der Waals surface area contributed by atoms with E-state index in [0.717, 1.165) is 33.3 Å². The Morgan fingerprint density at radius 1 is 0.838 bits per heavy atom. The minimum Gasteiger partial charge on any atom is -0.478 e. The van der Waals surface area contributed by atoms with Gasteiger partial charge in [0.2, 0.25) is 0 Å². The van der Waals surface area contributed by atoms with Crippen molar-refractivity contribution in [3.8, 4) is 11.1 Å². The van der Waals surface area contributed by atoms with E-state index in [2.05, 4.69) is 42.1 Å². The fraction of sp³-hybridized carbons (Fsp3) is 0.125. The summed E-state index contributed by atoms with van der Waals surface area (Å²) < 4.78 is 2.08. The molecule has 184 valence electrons. The van der Waals surface area contributed by atoms with Crippen LogP contribution in [0.3, 0.4) is 0 Å². The number of benzene rings is 4. The average Bonchev–Trinajstić information content (AvgIpc) is 3.27. The Morgan fingerprint density at radius 2 is 1.51 bits per heavy atom. The fourth-order valence-electron chi connectivity index (χ4n) is 4.52. The highest BCUT2D eigenvalue weighted by Gasteiger charge is 2.14. The van der Waals surface area contributed by atoms with Gasteiger partial charge in [-0.25, -0.2) is 4.79 Å². The molecular weight excluding hydrogens is 460 g/mol. The van der Waals surface area contributed by atoms with E-state index in [1.807, 2.05) is 72.8 Å². The molecule has 2 N–H and O–H groups in total. The first-order chi connectivity index (χ1) is 17.9. The summed E-state index contributed by atoms with van der Waals surface area (Å²) in [4.78, 5) is 24.3. The molecule has 0 aliphatic heterocycles. The summed E-state index contributed by atoms with van der Waals surface area (Å²) in [7, 11) is 0. The van der Waals surface area contributed by atoms with E-state index in [9.17, 15) is 14.7 Å². The van der Waals surface area contributed by atoms with Crippen LogP contribution in [0.4, 0.5) is 5.69 Å². The molecule has 0 aliphatic rings. The molecule has 37 heavy (non-hydrogen) atoms. The molecule has 0 unspecified atom stereocenters. The lowest BCUT2D eigenvalue weighted by Crippen LogP contribution is -2.12. The number of carboxylic acid groups (broad SMARTS) is 1. The Bertz CT molecular complexity index is 1570. The third-order valence-electron chi connectivity index (χ3n) is 6.62. The van der Waals surface area contributed by atoms with Crippen LogP contribution in [0.25, 0.3) is 22.0 Å². The summed E-state index contributed by atoms with van der Waals surface area (Å²) >= 11 is 0. The highest BCUT2D eigenvalue weighted by molar-refractivity contribution is 6.04. The van der Waals surface area contributed by atoms with Gasteiger partial charge in [-0.2, -0.15) is 0 Å². The second kappa shape index (κ2) is 10.2. The number of amides is 1. The van der Waals surface area contributed by atoms with Crippen LogP contribution in [-0.4, -0.2) is 21.6 Å². The van der Waals surface area contributed by atoms with E-state index in [4.69, 9.17) is 0 Å². The number of carbonyl (C=O) groups is 2. The van der Waals surface area contributed by atoms with E-state index < -0.39 is 5.97 Å². The lowest BCUT2D eigenvalue weighted by Gasteiger charge is -2.10. The van der Waals surface area contributed by atoms with E-state index in [0.29, 0.717) is 18.0 Å². The number of nitrogens with zero attached hydrogens (tertiary/aromatic N) is 1. The third kappa shape index (κ3) is 5.16. The van der Waals surface area contributed by atoms with Crippen LogP contribution in [0.2, 0.25) is 0 Å². The highest BCUT2D eigenvalue weighted by atomic mass is 16.4. The number of rotatable bonds is 7. The van der Waals surface area contributed by atoms with Gasteiger partial charge in [0.25, 0.3) is 5.91 Å². The quantitative estimate of drug-likeness (QED) is 0.250. The Morgan fingerprint density at radius 3 is 2.16 bits per heavy atom. The minimum atomic E-state index is -0.949. The van der Waals surface area contributed by atoms with E-state index >= 15 is 0 Å². The molecule has 0 spiro atoms. The number of aromatic nitrogens is 1. The van der Waals surface area contributed by atoms with E-state index in [1.165, 1.54) is 5.56 Å². The molecule has 0 fully saturated rings. The number of aromatic carboxylic acids is 1. The molecule has 0 aliphatic carbocycles. The second-order valence-corrected chi connectivity index (χ2v) is 9.50. The van der Waals surface area contributed by atoms with Crippen LogP contribution < -0.4 is 5.32 Å². The summed E-state index contributed by atoms with van der Waals surface area (Å²) in [6.07, 6.45) is 2.07. The summed E-state index contributed by atoms with van der Waals surface area (Å²) in [5.41, 5.74) is 6.83. The van der Waals surface area contributed by atoms with Gasteiger partial charge in [0.05, 0.1) is 5.56 Å². The number of anilines is 1. The van der Waals surface area contributed by atoms with Crippen molar-refractivity contribution in [1.29, 1.82) is 0 Å². The topological polar surface area (TPSA) is 71.3 Å². The molecule has 0 saturated heterocycles. The number of hydrogen-bond donors (Lipinski definition) is 2. The monoisotopic (exact) mass is 488 g/mol. The van der Waals surface area contributed by atoms with Crippen molar-refractivity contribution in [2.45, 2.75) is 26.3 Å². The molecule has 0 radical (unpaired) electrons. The van der Waals surface area contributed by atoms with Crippen molar-refractivity contribution in [3.05, 3.63) is 126 Å². The standard InChI is InChI=1S/C32H28N2O3/c1-21(2)23-10-12-25(13-11-23)31(35)33-27-15-8-22(9-16-27)19-34-20-29(24-6-4-3-5-7-24)28-17-14-26(32(36)37)18-30(28)34/h3-18,20-21H,19H2,1-2H3,(H,33,35)(H,36,37). The Balaban J connectivity index is 1.39. The van der Waals surface area contributed by atoms with Gasteiger partial charge in [-0.05, 0) is 59.0 Å². The van der Waals surface area contributed by atoms with Crippen LogP contribution in [0.5, 0.6) is 0 Å². The van der Waals surface area contributed by atoms with Crippen molar-refractivity contribution in [2.24, 2.45) is 0 Å². The molecule has 1 aromatic heterocycles. The van der Waals surface area contributed by atoms with Gasteiger partial charge >= 0.3 is 5.97 Å². The summed E-state index contributed by atoms with van der Waals surface area (Å²) in [6, 6.07) is 30.8. The molecular formula is C32H28N2O3. The van der Waals surface area contributed by atoms with Crippen LogP contribution in [0, 0.1) is 0 Å². The lowest BCUT2D eigenvalue weighted by atomic mass is 10.0. The van der Waals surface area contributed by atoms with E-state index in [1.54, 1.807) is 12.1 Å². The van der Waals surface area contributed by atoms with Crippen LogP contribution in [0.1, 0.15) is 51.6 Å². The van der Waals surface area contributed by atoms with Gasteiger partial charge in [-0.1, -0.05) is 74.5 Å². The van der Waals surface area contributed by atoms with Gasteiger partial charge in [0, 0.05) is 40.5 Å². The highest BCUT2D eigenvalue weighted by Crippen LogP contribution is 2.32. The smallest absolute Gasteiger partial charge is 0.335 e. The van der Waals surface area contributed by atoms with Crippen molar-refractivity contribution < 1.29 is 14.7 Å². The van der Waals surface area contributed by atoms with Gasteiger partial charge in [-0.3, -0.25) is 4.79 Å². The van der Waals surface area contributed by atoms with Crippen molar-refractivity contribution in [1.82, 2.24) is 4.57 Å². The van der Waals surface area contributed by atoms with Gasteiger partial charge in [0.15, 0.2) is 0 Å². The Labute approximate surface area is 216 Å². The van der Waals surface area contributed by atoms with E-state index in [-0.39, 0.29) is 11.5 Å². The molecule has 5 aromatic rings. The maximum Gasteiger partial charge on any atom is 0.335 e. The van der Waals surface area contributed by atoms with Crippen molar-refractivity contribution in [3.63, 3.8) is 0 Å². The van der Waals surface area contributed by atoms with Crippen molar-refractivity contribution in [2.75, 3.05) is 5.32 Å². The maximum atomic E-state index is 12.7. The Kier molecular flexibility index (Phi) is 6.60. The zero-order valence-corrected chi connectivity index (χ0v) is 20.8. The lowest BCUT2D eigenvalue weighted by molar-refractivity contribution is 0.0696. The number of fused-ring (bicyclic) bond motifs is 1. The maximum absolute atomic E-state index is 12.7. The predicted octanol–water partition coefficient (Wildman–Crippen LogP) is 7.43. The minimum absolute atomic E-state index is 0.145. The summed E-state index contributed by atoms with van der Waals surface area (Å²) in [5, 5.41) is 13.5. The number of carbonyl (C=O) groups excluding carboxylic acids is 1. The first-order valence-corrected chi connectivity index (χ1v) is 12.3. The predicted molar refractivity (Wildman–Crippen MR) is 148 cm³/mol. The Hall–Kier alpha value is -4.64. The molecule has 0 bridgehead atoms. The molecule has 0 atom stereocenters. The molecule has 5 rings (SSSR count). The first-order valence-electron chi connectivity index (χ1n) is 12.3. The number of carboxylic acids is 1. The molecule has 1 amide bonds. The molecule has 4 aromatic carbocycles. The average molecular weight is 489 g/mol.